The third kappa shape index (κ3) is 5.82. The molecule has 1 aromatic rings. The molecule has 0 fully saturated rings. The summed E-state index contributed by atoms with van der Waals surface area (Å²) >= 11 is 0. The van der Waals surface area contributed by atoms with Gasteiger partial charge in [0, 0.05) is 31.4 Å². The molecule has 0 amide bonds. The number of likely N-dealkylation sites (N-methyl/N-ethyl adjacent to an activating group) is 1. The van der Waals surface area contributed by atoms with Gasteiger partial charge in [0.1, 0.15) is 5.82 Å². The van der Waals surface area contributed by atoms with Crippen LogP contribution in [0.5, 0.6) is 0 Å². The van der Waals surface area contributed by atoms with Gasteiger partial charge in [-0.3, -0.25) is 0 Å². The molecule has 0 saturated heterocycles. The molecule has 0 aliphatic rings. The topological polar surface area (TPSA) is 53.1 Å². The molecule has 0 aromatic carbocycles. The molecule has 5 heteroatoms. The number of unbranched alkanes of at least 4 members (excludes halogenated alkanes) is 1. The number of anilines is 2. The largest absolute Gasteiger partial charge is 0.370 e. The van der Waals surface area contributed by atoms with Crippen LogP contribution < -0.4 is 10.6 Å². The fourth-order valence-electron chi connectivity index (χ4n) is 1.52. The Morgan fingerprint density at radius 1 is 1.17 bits per heavy atom. The normalized spacial score (nSPS) is 10.7. The first-order chi connectivity index (χ1) is 8.61. The van der Waals surface area contributed by atoms with Crippen LogP contribution in [0.2, 0.25) is 0 Å². The van der Waals surface area contributed by atoms with Gasteiger partial charge in [0.15, 0.2) is 0 Å². The van der Waals surface area contributed by atoms with Crippen molar-refractivity contribution in [2.75, 3.05) is 44.4 Å². The molecule has 0 atom stereocenters. The first-order valence-corrected chi connectivity index (χ1v) is 6.60. The Balaban J connectivity index is 2.51. The SMILES string of the molecule is CCCCNc1cc(C)nc(NCCN(C)C)n1. The first-order valence-electron chi connectivity index (χ1n) is 6.60. The number of rotatable bonds is 8. The van der Waals surface area contributed by atoms with Crippen molar-refractivity contribution in [2.45, 2.75) is 26.7 Å². The highest BCUT2D eigenvalue weighted by molar-refractivity contribution is 5.42. The van der Waals surface area contributed by atoms with Crippen molar-refractivity contribution in [3.63, 3.8) is 0 Å². The predicted octanol–water partition coefficient (Wildman–Crippen LogP) is 1.97. The van der Waals surface area contributed by atoms with Gasteiger partial charge in [-0.25, -0.2) is 4.98 Å². The van der Waals surface area contributed by atoms with Crippen molar-refractivity contribution in [2.24, 2.45) is 0 Å². The molecule has 0 radical (unpaired) electrons. The lowest BCUT2D eigenvalue weighted by Gasteiger charge is -2.12. The average Bonchev–Trinajstić information content (AvgIpc) is 2.28. The Kier molecular flexibility index (Phi) is 6.43. The van der Waals surface area contributed by atoms with Crippen molar-refractivity contribution < 1.29 is 0 Å². The minimum atomic E-state index is 0.704. The van der Waals surface area contributed by atoms with Crippen molar-refractivity contribution in [3.05, 3.63) is 11.8 Å². The van der Waals surface area contributed by atoms with Crippen LogP contribution in [0.3, 0.4) is 0 Å². The molecule has 1 aromatic heterocycles. The maximum absolute atomic E-state index is 4.45. The number of aryl methyl sites for hydroxylation is 1. The molecule has 18 heavy (non-hydrogen) atoms. The second kappa shape index (κ2) is 7.87. The van der Waals surface area contributed by atoms with Crippen molar-refractivity contribution in [1.82, 2.24) is 14.9 Å². The predicted molar refractivity (Wildman–Crippen MR) is 77.2 cm³/mol. The van der Waals surface area contributed by atoms with Gasteiger partial charge in [-0.05, 0) is 27.4 Å². The Morgan fingerprint density at radius 2 is 1.94 bits per heavy atom. The molecule has 5 nitrogen and oxygen atoms in total. The number of hydrogen-bond donors (Lipinski definition) is 2. The fourth-order valence-corrected chi connectivity index (χ4v) is 1.52. The van der Waals surface area contributed by atoms with Crippen molar-refractivity contribution in [3.8, 4) is 0 Å². The Labute approximate surface area is 110 Å². The minimum Gasteiger partial charge on any atom is -0.370 e. The van der Waals surface area contributed by atoms with E-state index in [-0.39, 0.29) is 0 Å². The van der Waals surface area contributed by atoms with Crippen LogP contribution in [0.1, 0.15) is 25.5 Å². The third-order valence-electron chi connectivity index (χ3n) is 2.53. The van der Waals surface area contributed by atoms with E-state index in [0.29, 0.717) is 5.95 Å². The highest BCUT2D eigenvalue weighted by Crippen LogP contribution is 2.09. The van der Waals surface area contributed by atoms with Crippen LogP contribution in [-0.2, 0) is 0 Å². The van der Waals surface area contributed by atoms with Crippen molar-refractivity contribution >= 4 is 11.8 Å². The summed E-state index contributed by atoms with van der Waals surface area (Å²) in [7, 11) is 4.10. The summed E-state index contributed by atoms with van der Waals surface area (Å²) < 4.78 is 0. The van der Waals surface area contributed by atoms with E-state index in [1.165, 1.54) is 6.42 Å². The molecule has 1 rings (SSSR count). The second-order valence-corrected chi connectivity index (χ2v) is 4.73. The van der Waals surface area contributed by atoms with Gasteiger partial charge in [-0.1, -0.05) is 13.3 Å². The van der Waals surface area contributed by atoms with E-state index in [4.69, 9.17) is 0 Å². The van der Waals surface area contributed by atoms with E-state index in [2.05, 4.69) is 46.5 Å². The van der Waals surface area contributed by atoms with Gasteiger partial charge in [-0.2, -0.15) is 4.98 Å². The molecule has 0 aliphatic heterocycles. The van der Waals surface area contributed by atoms with Gasteiger partial charge in [-0.15, -0.1) is 0 Å². The van der Waals surface area contributed by atoms with Crippen molar-refractivity contribution in [1.29, 1.82) is 0 Å². The maximum Gasteiger partial charge on any atom is 0.224 e. The summed E-state index contributed by atoms with van der Waals surface area (Å²) in [6.45, 7) is 6.95. The Morgan fingerprint density at radius 3 is 2.61 bits per heavy atom. The summed E-state index contributed by atoms with van der Waals surface area (Å²) in [6.07, 6.45) is 2.34. The van der Waals surface area contributed by atoms with E-state index < -0.39 is 0 Å². The van der Waals surface area contributed by atoms with E-state index >= 15 is 0 Å². The molecule has 2 N–H and O–H groups in total. The molecule has 0 aliphatic carbocycles. The van der Waals surface area contributed by atoms with E-state index in [1.54, 1.807) is 0 Å². The number of nitrogens with one attached hydrogen (secondary N) is 2. The zero-order valence-corrected chi connectivity index (χ0v) is 12.0. The highest BCUT2D eigenvalue weighted by atomic mass is 15.2. The third-order valence-corrected chi connectivity index (χ3v) is 2.53. The summed E-state index contributed by atoms with van der Waals surface area (Å²) in [5, 5.41) is 6.57. The van der Waals surface area contributed by atoms with Gasteiger partial charge in [0.25, 0.3) is 0 Å². The van der Waals surface area contributed by atoms with E-state index in [1.807, 2.05) is 13.0 Å². The van der Waals surface area contributed by atoms with Crippen LogP contribution in [-0.4, -0.2) is 48.6 Å². The van der Waals surface area contributed by atoms with Crippen LogP contribution in [0, 0.1) is 6.92 Å². The molecule has 0 bridgehead atoms. The monoisotopic (exact) mass is 251 g/mol. The molecule has 102 valence electrons. The standard InChI is InChI=1S/C13H25N5/c1-5-6-7-14-12-10-11(2)16-13(17-12)15-8-9-18(3)4/h10H,5-9H2,1-4H3,(H2,14,15,16,17). The smallest absolute Gasteiger partial charge is 0.224 e. The number of hydrogen-bond acceptors (Lipinski definition) is 5. The zero-order valence-electron chi connectivity index (χ0n) is 12.0. The second-order valence-electron chi connectivity index (χ2n) is 4.73. The molecule has 1 heterocycles. The summed E-state index contributed by atoms with van der Waals surface area (Å²) in [4.78, 5) is 11.0. The van der Waals surface area contributed by atoms with Crippen LogP contribution in [0.4, 0.5) is 11.8 Å². The first kappa shape index (κ1) is 14.7. The van der Waals surface area contributed by atoms with Crippen LogP contribution in [0.25, 0.3) is 0 Å². The summed E-state index contributed by atoms with van der Waals surface area (Å²) in [5.74, 6) is 1.61. The average molecular weight is 251 g/mol. The Bertz CT molecular complexity index is 351. The maximum atomic E-state index is 4.45. The molecular formula is C13H25N5. The van der Waals surface area contributed by atoms with Gasteiger partial charge >= 0.3 is 0 Å². The lowest BCUT2D eigenvalue weighted by atomic mass is 10.3. The molecule has 0 spiro atoms. The Hall–Kier alpha value is -1.36. The van der Waals surface area contributed by atoms with E-state index in [0.717, 1.165) is 37.6 Å². The number of nitrogens with zero attached hydrogens (tertiary/aromatic N) is 3. The lowest BCUT2D eigenvalue weighted by molar-refractivity contribution is 0.425. The molecular weight excluding hydrogens is 226 g/mol. The summed E-state index contributed by atoms with van der Waals surface area (Å²) in [5.41, 5.74) is 0.983. The van der Waals surface area contributed by atoms with Crippen LogP contribution >= 0.6 is 0 Å². The number of aromatic nitrogens is 2. The minimum absolute atomic E-state index is 0.704. The van der Waals surface area contributed by atoms with Crippen LogP contribution in [0.15, 0.2) is 6.07 Å². The summed E-state index contributed by atoms with van der Waals surface area (Å²) in [6, 6.07) is 1.98. The zero-order chi connectivity index (χ0) is 13.4. The van der Waals surface area contributed by atoms with E-state index in [9.17, 15) is 0 Å². The highest BCUT2D eigenvalue weighted by Gasteiger charge is 2.01. The molecule has 0 unspecified atom stereocenters. The quantitative estimate of drug-likeness (QED) is 0.692. The van der Waals surface area contributed by atoms with Gasteiger partial charge < -0.3 is 15.5 Å². The fraction of sp³-hybridized carbons (Fsp3) is 0.692. The van der Waals surface area contributed by atoms with Gasteiger partial charge in [0.2, 0.25) is 5.95 Å². The van der Waals surface area contributed by atoms with Gasteiger partial charge in [0.05, 0.1) is 0 Å². The lowest BCUT2D eigenvalue weighted by Crippen LogP contribution is -2.21. The molecule has 0 saturated carbocycles.